The smallest absolute Gasteiger partial charge is 0.131 e. The van der Waals surface area contributed by atoms with Gasteiger partial charge in [-0.25, -0.2) is 4.99 Å². The van der Waals surface area contributed by atoms with Gasteiger partial charge in [0, 0.05) is 34.1 Å². The van der Waals surface area contributed by atoms with Crippen LogP contribution in [0.3, 0.4) is 0 Å². The Balaban J connectivity index is 0.912. The minimum atomic E-state index is -0.175. The van der Waals surface area contributed by atoms with E-state index < -0.39 is 0 Å². The second-order valence-electron chi connectivity index (χ2n) is 19.0. The van der Waals surface area contributed by atoms with Gasteiger partial charge in [0.05, 0.1) is 12.1 Å². The van der Waals surface area contributed by atoms with Gasteiger partial charge in [-0.05, 0) is 95.0 Å². The van der Waals surface area contributed by atoms with E-state index in [0.717, 1.165) is 36.4 Å². The Morgan fingerprint density at radius 1 is 0.767 bits per heavy atom. The highest BCUT2D eigenvalue weighted by Crippen LogP contribution is 2.66. The second kappa shape index (κ2) is 13.7. The molecule has 12 rings (SSSR count). The van der Waals surface area contributed by atoms with Crippen molar-refractivity contribution in [2.24, 2.45) is 21.7 Å². The monoisotopic (exact) mass is 786 g/mol. The first kappa shape index (κ1) is 36.2. The molecule has 3 heterocycles. The number of nitrogens with one attached hydrogen (secondary N) is 2. The van der Waals surface area contributed by atoms with E-state index in [4.69, 9.17) is 9.73 Å². The van der Waals surface area contributed by atoms with Gasteiger partial charge in [-0.3, -0.25) is 5.32 Å². The first-order valence-electron chi connectivity index (χ1n) is 22.5. The van der Waals surface area contributed by atoms with Crippen molar-refractivity contribution in [3.63, 3.8) is 0 Å². The number of amidine groups is 1. The quantitative estimate of drug-likeness (QED) is 0.198. The zero-order valence-electron chi connectivity index (χ0n) is 34.9. The van der Waals surface area contributed by atoms with Gasteiger partial charge in [0.1, 0.15) is 30.0 Å². The van der Waals surface area contributed by atoms with Crippen LogP contribution in [0.15, 0.2) is 173 Å². The highest BCUT2D eigenvalue weighted by molar-refractivity contribution is 5.99. The lowest BCUT2D eigenvalue weighted by Gasteiger charge is -2.47. The first-order valence-corrected chi connectivity index (χ1v) is 22.5. The molecule has 0 bridgehead atoms. The van der Waals surface area contributed by atoms with Crippen molar-refractivity contribution in [3.05, 3.63) is 191 Å². The number of benzene rings is 4. The Labute approximate surface area is 355 Å². The van der Waals surface area contributed by atoms with Crippen molar-refractivity contribution in [3.8, 4) is 16.9 Å². The van der Waals surface area contributed by atoms with Crippen LogP contribution >= 0.6 is 0 Å². The molecule has 9 atom stereocenters. The molecule has 0 aromatic heterocycles. The summed E-state index contributed by atoms with van der Waals surface area (Å²) in [7, 11) is 0. The Morgan fingerprint density at radius 2 is 1.58 bits per heavy atom. The molecule has 0 saturated heterocycles. The lowest BCUT2D eigenvalue weighted by Crippen LogP contribution is -2.53. The van der Waals surface area contributed by atoms with Crippen LogP contribution in [0.5, 0.6) is 5.75 Å². The standard InChI is InChI=1S/C55H54N4O/c1-54(2)41-24-11-12-25-42(41)55(3)43(26-16-30-48(54)55)53-57-51(35-19-8-5-9-20-35)56-52(58-53)39-23-15-29-47-49(39)38-22-14-28-46(50(38)60-47)59-44-27-13-10-21-37(44)40-33-36(31-32-45(40)59)34-17-6-4-7-18-34/h4-10,12-15,17-23,25-27,29,31-33,37-38,44,46,48,50,52-53,58H,11,16,24,28,30H2,1-3H3,(H,56,57). The van der Waals surface area contributed by atoms with Gasteiger partial charge < -0.3 is 15.0 Å². The number of fused-ring (bicyclic) bond motifs is 8. The largest absolute Gasteiger partial charge is 0.487 e. The summed E-state index contributed by atoms with van der Waals surface area (Å²) in [6, 6.07) is 35.8. The van der Waals surface area contributed by atoms with Crippen LogP contribution in [0, 0.1) is 16.7 Å². The maximum absolute atomic E-state index is 7.22. The summed E-state index contributed by atoms with van der Waals surface area (Å²) in [5, 5.41) is 8.08. The number of rotatable bonds is 5. The highest BCUT2D eigenvalue weighted by atomic mass is 16.5. The number of ether oxygens (including phenoxy) is 1. The summed E-state index contributed by atoms with van der Waals surface area (Å²) in [5.41, 5.74) is 13.6. The molecular formula is C55H54N4O. The lowest BCUT2D eigenvalue weighted by atomic mass is 9.59. The summed E-state index contributed by atoms with van der Waals surface area (Å²) in [4.78, 5) is 8.28. The van der Waals surface area contributed by atoms with Crippen LogP contribution in [0.4, 0.5) is 5.69 Å². The number of hydrogen-bond donors (Lipinski definition) is 2. The molecule has 4 aromatic carbocycles. The number of anilines is 1. The summed E-state index contributed by atoms with van der Waals surface area (Å²) >= 11 is 0. The fraction of sp³-hybridized carbons (Fsp3) is 0.327. The SMILES string of the molecule is CC1(C)C2=C(C=CCC2)C2(C)C(C3N=C(c4ccccc4)NC(c4cccc5c4C4C=CCC(N6c7ccc(-c8ccccc8)cc7C7C=CC=CC76)C4O5)N3)=CCCC12. The minimum absolute atomic E-state index is 0.0163. The average molecular weight is 787 g/mol. The molecule has 9 unspecified atom stereocenters. The van der Waals surface area contributed by atoms with Gasteiger partial charge in [-0.15, -0.1) is 0 Å². The van der Waals surface area contributed by atoms with Gasteiger partial charge in [0.25, 0.3) is 0 Å². The molecule has 0 fully saturated rings. The third kappa shape index (κ3) is 5.30. The molecule has 0 saturated carbocycles. The number of aliphatic imine (C=N–C) groups is 1. The van der Waals surface area contributed by atoms with E-state index in [1.165, 1.54) is 51.9 Å². The first-order chi connectivity index (χ1) is 29.4. The predicted octanol–water partition coefficient (Wildman–Crippen LogP) is 11.6. The summed E-state index contributed by atoms with van der Waals surface area (Å²) in [6.45, 7) is 7.55. The third-order valence-electron chi connectivity index (χ3n) is 15.7. The van der Waals surface area contributed by atoms with E-state index in [0.29, 0.717) is 11.8 Å². The van der Waals surface area contributed by atoms with E-state index in [-0.39, 0.29) is 47.3 Å². The van der Waals surface area contributed by atoms with E-state index in [1.54, 1.807) is 11.1 Å². The summed E-state index contributed by atoms with van der Waals surface area (Å²) in [5.74, 6) is 2.91. The van der Waals surface area contributed by atoms with Gasteiger partial charge in [-0.1, -0.05) is 160 Å². The van der Waals surface area contributed by atoms with Crippen molar-refractivity contribution >= 4 is 11.5 Å². The van der Waals surface area contributed by atoms with Gasteiger partial charge in [-0.2, -0.15) is 0 Å². The van der Waals surface area contributed by atoms with Crippen molar-refractivity contribution in [2.45, 2.75) is 95.2 Å². The average Bonchev–Trinajstić information content (AvgIpc) is 3.91. The lowest BCUT2D eigenvalue weighted by molar-refractivity contribution is 0.150. The summed E-state index contributed by atoms with van der Waals surface area (Å²) < 4.78 is 7.22. The van der Waals surface area contributed by atoms with Crippen molar-refractivity contribution in [1.29, 1.82) is 0 Å². The Hall–Kier alpha value is -5.65. The van der Waals surface area contributed by atoms with Gasteiger partial charge >= 0.3 is 0 Å². The molecular weight excluding hydrogens is 733 g/mol. The minimum Gasteiger partial charge on any atom is -0.487 e. The topological polar surface area (TPSA) is 48.9 Å². The molecule has 5 nitrogen and oxygen atoms in total. The van der Waals surface area contributed by atoms with Crippen molar-refractivity contribution < 1.29 is 4.74 Å². The normalized spacial score (nSPS) is 32.5. The maximum Gasteiger partial charge on any atom is 0.131 e. The van der Waals surface area contributed by atoms with Crippen molar-refractivity contribution in [1.82, 2.24) is 10.6 Å². The molecule has 5 aliphatic carbocycles. The molecule has 8 aliphatic rings. The van der Waals surface area contributed by atoms with E-state index in [2.05, 4.69) is 188 Å². The van der Waals surface area contributed by atoms with Crippen LogP contribution in [0.2, 0.25) is 0 Å². The number of nitrogens with zero attached hydrogens (tertiary/aromatic N) is 2. The third-order valence-corrected chi connectivity index (χ3v) is 15.7. The van der Waals surface area contributed by atoms with Crippen LogP contribution in [-0.2, 0) is 0 Å². The molecule has 0 amide bonds. The Bertz CT molecular complexity index is 2610. The van der Waals surface area contributed by atoms with E-state index in [9.17, 15) is 0 Å². The summed E-state index contributed by atoms with van der Waals surface area (Å²) in [6.07, 6.45) is 26.7. The molecule has 0 spiro atoms. The van der Waals surface area contributed by atoms with Gasteiger partial charge in [0.2, 0.25) is 0 Å². The molecule has 5 heteroatoms. The molecule has 0 radical (unpaired) electrons. The van der Waals surface area contributed by atoms with E-state index in [1.807, 2.05) is 0 Å². The molecule has 2 N–H and O–H groups in total. The van der Waals surface area contributed by atoms with Crippen LogP contribution in [-0.4, -0.2) is 30.2 Å². The van der Waals surface area contributed by atoms with Crippen LogP contribution < -0.4 is 20.3 Å². The molecule has 4 aromatic rings. The zero-order chi connectivity index (χ0) is 40.2. The van der Waals surface area contributed by atoms with Crippen molar-refractivity contribution in [2.75, 3.05) is 4.90 Å². The second-order valence-corrected chi connectivity index (χ2v) is 19.0. The predicted molar refractivity (Wildman–Crippen MR) is 244 cm³/mol. The maximum atomic E-state index is 7.22. The zero-order valence-corrected chi connectivity index (χ0v) is 34.9. The highest BCUT2D eigenvalue weighted by Gasteiger charge is 2.58. The molecule has 300 valence electrons. The fourth-order valence-electron chi connectivity index (χ4n) is 13.1. The molecule has 60 heavy (non-hydrogen) atoms. The Morgan fingerprint density at radius 3 is 2.43 bits per heavy atom. The molecule has 3 aliphatic heterocycles. The fourth-order valence-corrected chi connectivity index (χ4v) is 13.1. The Kier molecular flexibility index (Phi) is 8.26. The van der Waals surface area contributed by atoms with Crippen LogP contribution in [0.25, 0.3) is 11.1 Å². The number of allylic oxidation sites excluding steroid dienone is 7. The number of hydrogen-bond acceptors (Lipinski definition) is 5. The van der Waals surface area contributed by atoms with Gasteiger partial charge in [0.15, 0.2) is 0 Å². The van der Waals surface area contributed by atoms with E-state index >= 15 is 0 Å². The van der Waals surface area contributed by atoms with Crippen LogP contribution in [0.1, 0.15) is 93.1 Å².